The molecule has 0 saturated heterocycles. The van der Waals surface area contributed by atoms with Gasteiger partial charge in [0.25, 0.3) is 0 Å². The van der Waals surface area contributed by atoms with Crippen LogP contribution in [0.3, 0.4) is 0 Å². The van der Waals surface area contributed by atoms with E-state index < -0.39 is 0 Å². The first-order valence-electron chi connectivity index (χ1n) is 8.22. The van der Waals surface area contributed by atoms with Crippen LogP contribution in [-0.2, 0) is 11.2 Å². The van der Waals surface area contributed by atoms with Crippen molar-refractivity contribution in [1.82, 2.24) is 0 Å². The Morgan fingerprint density at radius 3 is 2.68 bits per heavy atom. The molecule has 1 aromatic carbocycles. The molecule has 0 aliphatic carbocycles. The maximum atomic E-state index is 8.27. The van der Waals surface area contributed by atoms with Crippen molar-refractivity contribution in [3.8, 4) is 11.5 Å². The van der Waals surface area contributed by atoms with E-state index in [4.69, 9.17) is 42.6 Å². The molecule has 0 radical (unpaired) electrons. The molecule has 5 nitrogen and oxygen atoms in total. The molecule has 1 rings (SSSR count). The molecule has 0 spiro atoms. The molecule has 0 aromatic heterocycles. The van der Waals surface area contributed by atoms with E-state index in [0.717, 1.165) is 35.5 Å². The van der Waals surface area contributed by atoms with Crippen molar-refractivity contribution in [2.45, 2.75) is 33.1 Å². The molecule has 0 bridgehead atoms. The molecule has 0 atom stereocenters. The summed E-state index contributed by atoms with van der Waals surface area (Å²) in [5, 5.41) is 11.2. The fraction of sp³-hybridized carbons (Fsp3) is 0.500. The van der Waals surface area contributed by atoms with Gasteiger partial charge in [0.2, 0.25) is 0 Å². The summed E-state index contributed by atoms with van der Waals surface area (Å²) in [7, 11) is 0. The summed E-state index contributed by atoms with van der Waals surface area (Å²) in [6.07, 6.45) is 5.24. The lowest BCUT2D eigenvalue weighted by Crippen LogP contribution is -2.07. The Hall–Kier alpha value is -1.43. The highest BCUT2D eigenvalue weighted by Crippen LogP contribution is 2.30. The smallest absolute Gasteiger partial charge is 0.125 e. The minimum absolute atomic E-state index is 0.193. The second kappa shape index (κ2) is 12.9. The molecule has 1 aromatic rings. The maximum Gasteiger partial charge on any atom is 0.125 e. The van der Waals surface area contributed by atoms with Crippen LogP contribution in [0.4, 0.5) is 0 Å². The van der Waals surface area contributed by atoms with Gasteiger partial charge < -0.3 is 19.4 Å². The van der Waals surface area contributed by atoms with Crippen LogP contribution < -0.4 is 9.47 Å². The second-order valence-electron chi connectivity index (χ2n) is 5.29. The van der Waals surface area contributed by atoms with Crippen LogP contribution in [0.25, 0.3) is 0 Å². The Labute approximate surface area is 159 Å². The van der Waals surface area contributed by atoms with Crippen LogP contribution in [0.2, 0.25) is 0 Å². The van der Waals surface area contributed by atoms with Gasteiger partial charge >= 0.3 is 0 Å². The average Bonchev–Trinajstić information content (AvgIpc) is 2.58. The number of oxime groups is 1. The third kappa shape index (κ3) is 9.00. The summed E-state index contributed by atoms with van der Waals surface area (Å²) in [5.74, 6) is 1.66. The van der Waals surface area contributed by atoms with Crippen LogP contribution in [0.1, 0.15) is 30.9 Å². The van der Waals surface area contributed by atoms with E-state index in [1.165, 1.54) is 6.21 Å². The highest BCUT2D eigenvalue weighted by Gasteiger charge is 2.09. The van der Waals surface area contributed by atoms with Gasteiger partial charge in [0.1, 0.15) is 22.6 Å². The lowest BCUT2D eigenvalue weighted by atomic mass is 10.1. The normalized spacial score (nSPS) is 10.9. The molecular weight excluding hydrogens is 365 g/mol. The molecule has 0 saturated carbocycles. The number of hydrogen-bond donors (Lipinski definition) is 1. The molecule has 0 heterocycles. The minimum Gasteiger partial charge on any atom is -0.493 e. The van der Waals surface area contributed by atoms with Crippen molar-refractivity contribution in [3.05, 3.63) is 33.8 Å². The monoisotopic (exact) mass is 389 g/mol. The van der Waals surface area contributed by atoms with E-state index in [2.05, 4.69) is 12.1 Å². The molecule has 0 aliphatic heterocycles. The van der Waals surface area contributed by atoms with Crippen molar-refractivity contribution < 1.29 is 19.4 Å². The predicted molar refractivity (Wildman–Crippen MR) is 102 cm³/mol. The van der Waals surface area contributed by atoms with Gasteiger partial charge in [-0.25, -0.2) is 0 Å². The molecular formula is C18H25Cl2NO4. The van der Waals surface area contributed by atoms with Crippen molar-refractivity contribution in [1.29, 1.82) is 0 Å². The van der Waals surface area contributed by atoms with Crippen LogP contribution in [0.5, 0.6) is 11.5 Å². The fourth-order valence-electron chi connectivity index (χ4n) is 2.20. The van der Waals surface area contributed by atoms with Crippen LogP contribution in [0.15, 0.2) is 27.9 Å². The molecule has 1 N–H and O–H groups in total. The van der Waals surface area contributed by atoms with Gasteiger partial charge in [0, 0.05) is 25.7 Å². The molecule has 7 heteroatoms. The molecule has 0 aliphatic rings. The summed E-state index contributed by atoms with van der Waals surface area (Å²) in [6, 6.07) is 3.91. The van der Waals surface area contributed by atoms with E-state index in [1.807, 2.05) is 19.1 Å². The quantitative estimate of drug-likeness (QED) is 0.239. The second-order valence-corrected chi connectivity index (χ2v) is 6.30. The van der Waals surface area contributed by atoms with E-state index in [1.54, 1.807) is 6.08 Å². The number of benzene rings is 1. The summed E-state index contributed by atoms with van der Waals surface area (Å²) in [5.41, 5.74) is 2.12. The lowest BCUT2D eigenvalue weighted by molar-refractivity contribution is 0.125. The summed E-state index contributed by atoms with van der Waals surface area (Å²) >= 11 is 11.2. The SMILES string of the molecule is CCc1cc(OCC=C(Cl)Cl)cc(C)c1OCCCOCC/C=N/O. The van der Waals surface area contributed by atoms with E-state index in [9.17, 15) is 0 Å². The maximum absolute atomic E-state index is 8.27. The van der Waals surface area contributed by atoms with Crippen molar-refractivity contribution in [2.75, 3.05) is 26.4 Å². The number of aryl methyl sites for hydroxylation is 2. The first kappa shape index (κ1) is 21.6. The van der Waals surface area contributed by atoms with Crippen LogP contribution >= 0.6 is 23.2 Å². The highest BCUT2D eigenvalue weighted by molar-refractivity contribution is 6.55. The highest BCUT2D eigenvalue weighted by atomic mass is 35.5. The van der Waals surface area contributed by atoms with E-state index in [0.29, 0.717) is 32.8 Å². The molecule has 0 unspecified atom stereocenters. The van der Waals surface area contributed by atoms with Gasteiger partial charge in [-0.05, 0) is 42.7 Å². The zero-order chi connectivity index (χ0) is 18.5. The number of rotatable bonds is 12. The van der Waals surface area contributed by atoms with Crippen LogP contribution in [-0.4, -0.2) is 37.8 Å². The van der Waals surface area contributed by atoms with Crippen molar-refractivity contribution in [3.63, 3.8) is 0 Å². The Balaban J connectivity index is 2.49. The van der Waals surface area contributed by atoms with Gasteiger partial charge in [0.05, 0.1) is 13.2 Å². The number of nitrogens with zero attached hydrogens (tertiary/aromatic N) is 1. The Morgan fingerprint density at radius 2 is 2.00 bits per heavy atom. The van der Waals surface area contributed by atoms with Gasteiger partial charge in [-0.1, -0.05) is 30.1 Å². The predicted octanol–water partition coefficient (Wildman–Crippen LogP) is 4.89. The summed E-state index contributed by atoms with van der Waals surface area (Å²) < 4.78 is 17.2. The zero-order valence-electron chi connectivity index (χ0n) is 14.6. The van der Waals surface area contributed by atoms with E-state index >= 15 is 0 Å². The Morgan fingerprint density at radius 1 is 1.20 bits per heavy atom. The zero-order valence-corrected chi connectivity index (χ0v) is 16.1. The Bertz CT molecular complexity index is 572. The standard InChI is InChI=1S/C18H25Cl2NO4/c1-3-15-13-16(24-11-6-17(19)20)12-14(2)18(15)25-10-5-9-23-8-4-7-21-22/h6-7,12-13,22H,3-5,8-11H2,1-2H3/b21-7+. The van der Waals surface area contributed by atoms with Gasteiger partial charge in [-0.15, -0.1) is 5.16 Å². The molecule has 0 amide bonds. The third-order valence-electron chi connectivity index (χ3n) is 3.35. The van der Waals surface area contributed by atoms with Crippen LogP contribution in [0, 0.1) is 6.92 Å². The molecule has 25 heavy (non-hydrogen) atoms. The van der Waals surface area contributed by atoms with E-state index in [-0.39, 0.29) is 4.49 Å². The largest absolute Gasteiger partial charge is 0.493 e. The topological polar surface area (TPSA) is 60.3 Å². The Kier molecular flexibility index (Phi) is 11.1. The number of hydrogen-bond acceptors (Lipinski definition) is 5. The fourth-order valence-corrected chi connectivity index (χ4v) is 2.32. The minimum atomic E-state index is 0.193. The average molecular weight is 390 g/mol. The summed E-state index contributed by atoms with van der Waals surface area (Å²) in [6.45, 7) is 6.11. The number of halogens is 2. The third-order valence-corrected chi connectivity index (χ3v) is 3.65. The molecule has 140 valence electrons. The van der Waals surface area contributed by atoms with Gasteiger partial charge in [0.15, 0.2) is 0 Å². The van der Waals surface area contributed by atoms with Gasteiger partial charge in [-0.3, -0.25) is 0 Å². The number of ether oxygens (including phenoxy) is 3. The van der Waals surface area contributed by atoms with Crippen molar-refractivity contribution in [2.24, 2.45) is 5.16 Å². The first-order chi connectivity index (χ1) is 12.1. The van der Waals surface area contributed by atoms with Gasteiger partial charge in [-0.2, -0.15) is 0 Å². The lowest BCUT2D eigenvalue weighted by Gasteiger charge is -2.15. The summed E-state index contributed by atoms with van der Waals surface area (Å²) in [4.78, 5) is 0. The van der Waals surface area contributed by atoms with Crippen molar-refractivity contribution >= 4 is 29.4 Å². The molecule has 0 fully saturated rings. The first-order valence-corrected chi connectivity index (χ1v) is 8.98.